The Labute approximate surface area is 94.8 Å². The Hall–Kier alpha value is -1.26. The van der Waals surface area contributed by atoms with E-state index in [2.05, 4.69) is 0 Å². The quantitative estimate of drug-likeness (QED) is 0.841. The van der Waals surface area contributed by atoms with Gasteiger partial charge in [-0.1, -0.05) is 0 Å². The summed E-state index contributed by atoms with van der Waals surface area (Å²) in [6.45, 7) is 2.54. The monoisotopic (exact) mass is 224 g/mol. The number of aliphatic hydroxyl groups is 1. The lowest BCUT2D eigenvalue weighted by atomic mass is 10.0. The Morgan fingerprint density at radius 1 is 1.31 bits per heavy atom. The molecule has 4 heteroatoms. The van der Waals surface area contributed by atoms with E-state index < -0.39 is 0 Å². The van der Waals surface area contributed by atoms with Crippen molar-refractivity contribution in [3.63, 3.8) is 0 Å². The molecule has 88 valence electrons. The summed E-state index contributed by atoms with van der Waals surface area (Å²) in [6, 6.07) is 3.84. The largest absolute Gasteiger partial charge is 0.454 e. The summed E-state index contributed by atoms with van der Waals surface area (Å²) in [5.41, 5.74) is 2.08. The van der Waals surface area contributed by atoms with Crippen LogP contribution in [0.2, 0.25) is 0 Å². The van der Waals surface area contributed by atoms with Crippen LogP contribution in [0.1, 0.15) is 18.1 Å². The molecule has 0 aromatic heterocycles. The number of hydrogen-bond donors (Lipinski definition) is 1. The average molecular weight is 224 g/mol. The van der Waals surface area contributed by atoms with Crippen LogP contribution in [0.25, 0.3) is 0 Å². The highest BCUT2D eigenvalue weighted by Gasteiger charge is 2.17. The van der Waals surface area contributed by atoms with E-state index in [0.717, 1.165) is 22.6 Å². The Morgan fingerprint density at radius 2 is 1.94 bits per heavy atom. The van der Waals surface area contributed by atoms with Crippen LogP contribution in [0, 0.1) is 0 Å². The first-order chi connectivity index (χ1) is 7.70. The van der Waals surface area contributed by atoms with Gasteiger partial charge in [0.15, 0.2) is 11.5 Å². The molecule has 0 radical (unpaired) electrons. The molecular formula is C12H16O4. The van der Waals surface area contributed by atoms with Crippen LogP contribution in [0.15, 0.2) is 12.1 Å². The Kier molecular flexibility index (Phi) is 3.31. The van der Waals surface area contributed by atoms with Gasteiger partial charge in [-0.05, 0) is 36.6 Å². The van der Waals surface area contributed by atoms with Crippen molar-refractivity contribution >= 4 is 0 Å². The first kappa shape index (κ1) is 11.2. The van der Waals surface area contributed by atoms with E-state index >= 15 is 0 Å². The second-order valence-electron chi connectivity index (χ2n) is 3.96. The molecule has 4 nitrogen and oxygen atoms in total. The van der Waals surface area contributed by atoms with Crippen molar-refractivity contribution in [2.24, 2.45) is 0 Å². The fraction of sp³-hybridized carbons (Fsp3) is 0.500. The topological polar surface area (TPSA) is 47.9 Å². The maximum absolute atomic E-state index is 9.43. The van der Waals surface area contributed by atoms with E-state index in [1.54, 1.807) is 14.0 Å². The summed E-state index contributed by atoms with van der Waals surface area (Å²) < 4.78 is 15.7. The van der Waals surface area contributed by atoms with Crippen LogP contribution in [-0.4, -0.2) is 25.1 Å². The molecule has 1 atom stereocenters. The highest BCUT2D eigenvalue weighted by molar-refractivity contribution is 5.48. The first-order valence-corrected chi connectivity index (χ1v) is 5.29. The van der Waals surface area contributed by atoms with E-state index in [4.69, 9.17) is 14.2 Å². The van der Waals surface area contributed by atoms with Crippen molar-refractivity contribution in [2.45, 2.75) is 26.1 Å². The number of hydrogen-bond acceptors (Lipinski definition) is 4. The minimum Gasteiger partial charge on any atom is -0.454 e. The fourth-order valence-electron chi connectivity index (χ4n) is 1.82. The van der Waals surface area contributed by atoms with E-state index in [1.165, 1.54) is 0 Å². The zero-order valence-corrected chi connectivity index (χ0v) is 9.53. The minimum absolute atomic E-state index is 0.264. The Bertz CT molecular complexity index is 374. The first-order valence-electron chi connectivity index (χ1n) is 5.29. The van der Waals surface area contributed by atoms with Crippen molar-refractivity contribution in [1.29, 1.82) is 0 Å². The van der Waals surface area contributed by atoms with Crippen LogP contribution in [0.4, 0.5) is 0 Å². The summed E-state index contributed by atoms with van der Waals surface area (Å²) >= 11 is 0. The predicted molar refractivity (Wildman–Crippen MR) is 58.7 cm³/mol. The molecule has 1 aliphatic heterocycles. The van der Waals surface area contributed by atoms with Gasteiger partial charge < -0.3 is 19.3 Å². The highest BCUT2D eigenvalue weighted by Crippen LogP contribution is 2.35. The van der Waals surface area contributed by atoms with Crippen molar-refractivity contribution in [3.8, 4) is 11.5 Å². The molecule has 0 saturated carbocycles. The highest BCUT2D eigenvalue weighted by atomic mass is 16.7. The van der Waals surface area contributed by atoms with E-state index in [9.17, 15) is 5.11 Å². The summed E-state index contributed by atoms with van der Waals surface area (Å²) in [7, 11) is 1.65. The molecule has 1 N–H and O–H groups in total. The van der Waals surface area contributed by atoms with Crippen LogP contribution >= 0.6 is 0 Å². The third kappa shape index (κ3) is 2.28. The minimum atomic E-state index is -0.379. The van der Waals surface area contributed by atoms with Crippen molar-refractivity contribution in [3.05, 3.63) is 23.3 Å². The van der Waals surface area contributed by atoms with Gasteiger partial charge in [0.25, 0.3) is 0 Å². The van der Waals surface area contributed by atoms with Crippen molar-refractivity contribution < 1.29 is 19.3 Å². The maximum atomic E-state index is 9.43. The Balaban J connectivity index is 2.32. The molecule has 16 heavy (non-hydrogen) atoms. The molecular weight excluding hydrogens is 208 g/mol. The molecule has 1 heterocycles. The second kappa shape index (κ2) is 4.72. The van der Waals surface area contributed by atoms with E-state index in [1.807, 2.05) is 12.1 Å². The van der Waals surface area contributed by atoms with Gasteiger partial charge in [-0.25, -0.2) is 0 Å². The zero-order chi connectivity index (χ0) is 11.5. The summed E-state index contributed by atoms with van der Waals surface area (Å²) in [4.78, 5) is 0. The third-order valence-electron chi connectivity index (χ3n) is 2.51. The number of aliphatic hydroxyl groups excluding tert-OH is 1. The molecule has 0 bridgehead atoms. The number of rotatable bonds is 4. The molecule has 2 rings (SSSR count). The number of methoxy groups -OCH3 is 1. The summed E-state index contributed by atoms with van der Waals surface area (Å²) in [6.07, 6.45) is 0.214. The lowest BCUT2D eigenvalue weighted by Gasteiger charge is -2.11. The molecule has 0 aliphatic carbocycles. The summed E-state index contributed by atoms with van der Waals surface area (Å²) in [5, 5.41) is 9.43. The SMILES string of the molecule is COCc1cc2c(cc1CC(C)O)OCO2. The van der Waals surface area contributed by atoms with E-state index in [-0.39, 0.29) is 12.9 Å². The van der Waals surface area contributed by atoms with Crippen LogP contribution in [0.3, 0.4) is 0 Å². The molecule has 0 fully saturated rings. The molecule has 0 spiro atoms. The number of benzene rings is 1. The molecule has 1 aliphatic rings. The van der Waals surface area contributed by atoms with Gasteiger partial charge in [0.05, 0.1) is 12.7 Å². The van der Waals surface area contributed by atoms with Crippen LogP contribution < -0.4 is 9.47 Å². The number of fused-ring (bicyclic) bond motifs is 1. The average Bonchev–Trinajstić information content (AvgIpc) is 2.64. The molecule has 0 saturated heterocycles. The lowest BCUT2D eigenvalue weighted by Crippen LogP contribution is -2.07. The molecule has 1 aromatic rings. The van der Waals surface area contributed by atoms with Crippen LogP contribution in [0.5, 0.6) is 11.5 Å². The Morgan fingerprint density at radius 3 is 2.50 bits per heavy atom. The van der Waals surface area contributed by atoms with Gasteiger partial charge in [0.2, 0.25) is 6.79 Å². The zero-order valence-electron chi connectivity index (χ0n) is 9.53. The van der Waals surface area contributed by atoms with Gasteiger partial charge in [0.1, 0.15) is 0 Å². The smallest absolute Gasteiger partial charge is 0.231 e. The third-order valence-corrected chi connectivity index (χ3v) is 2.51. The standard InChI is InChI=1S/C12H16O4/c1-8(13)3-9-4-11-12(16-7-15-11)5-10(9)6-14-2/h4-5,8,13H,3,6-7H2,1-2H3. The summed E-state index contributed by atoms with van der Waals surface area (Å²) in [5.74, 6) is 1.50. The van der Waals surface area contributed by atoms with E-state index in [0.29, 0.717) is 13.0 Å². The predicted octanol–water partition coefficient (Wildman–Crippen LogP) is 1.48. The van der Waals surface area contributed by atoms with Crippen molar-refractivity contribution in [1.82, 2.24) is 0 Å². The van der Waals surface area contributed by atoms with Gasteiger partial charge >= 0.3 is 0 Å². The van der Waals surface area contributed by atoms with Gasteiger partial charge in [-0.2, -0.15) is 0 Å². The lowest BCUT2D eigenvalue weighted by molar-refractivity contribution is 0.173. The number of ether oxygens (including phenoxy) is 3. The molecule has 0 amide bonds. The maximum Gasteiger partial charge on any atom is 0.231 e. The van der Waals surface area contributed by atoms with Crippen LogP contribution in [-0.2, 0) is 17.8 Å². The molecule has 1 unspecified atom stereocenters. The normalized spacial score (nSPS) is 15.2. The molecule has 1 aromatic carbocycles. The van der Waals surface area contributed by atoms with Crippen molar-refractivity contribution in [2.75, 3.05) is 13.9 Å². The second-order valence-corrected chi connectivity index (χ2v) is 3.96. The van der Waals surface area contributed by atoms with Gasteiger partial charge in [0, 0.05) is 7.11 Å². The van der Waals surface area contributed by atoms with Gasteiger partial charge in [-0.3, -0.25) is 0 Å². The van der Waals surface area contributed by atoms with Gasteiger partial charge in [-0.15, -0.1) is 0 Å². The fourth-order valence-corrected chi connectivity index (χ4v) is 1.82.